The number of esters is 2. The molecule has 230 valence electrons. The predicted molar refractivity (Wildman–Crippen MR) is 156 cm³/mol. The van der Waals surface area contributed by atoms with Crippen LogP contribution in [0.5, 0.6) is 0 Å². The van der Waals surface area contributed by atoms with Crippen molar-refractivity contribution < 1.29 is 37.9 Å². The van der Waals surface area contributed by atoms with Gasteiger partial charge < -0.3 is 19.3 Å². The molecule has 0 aromatic rings. The van der Waals surface area contributed by atoms with Crippen molar-refractivity contribution in [1.29, 1.82) is 0 Å². The van der Waals surface area contributed by atoms with Crippen molar-refractivity contribution in [3.05, 3.63) is 12.2 Å². The van der Waals surface area contributed by atoms with Crippen LogP contribution in [-0.2, 0) is 28.2 Å². The summed E-state index contributed by atoms with van der Waals surface area (Å²) in [7, 11) is -4.73. The van der Waals surface area contributed by atoms with Gasteiger partial charge in [-0.3, -0.25) is 14.1 Å². The van der Waals surface area contributed by atoms with E-state index in [1.807, 2.05) is 0 Å². The zero-order chi connectivity index (χ0) is 29.0. The molecule has 0 unspecified atom stereocenters. The Bertz CT molecular complexity index is 661. The Morgan fingerprint density at radius 2 is 1.08 bits per heavy atom. The first-order valence-corrected chi connectivity index (χ1v) is 17.0. The number of ether oxygens (including phenoxy) is 2. The Labute approximate surface area is 237 Å². The van der Waals surface area contributed by atoms with Crippen molar-refractivity contribution >= 4 is 19.8 Å². The van der Waals surface area contributed by atoms with Crippen molar-refractivity contribution in [2.75, 3.05) is 13.2 Å². The summed E-state index contributed by atoms with van der Waals surface area (Å²) in [5, 5.41) is 0. The number of hydrogen-bond acceptors (Lipinski definition) is 6. The van der Waals surface area contributed by atoms with Gasteiger partial charge >= 0.3 is 19.8 Å². The molecule has 9 heteroatoms. The molecular formula is C30H57O8P. The second-order valence-corrected chi connectivity index (χ2v) is 11.7. The lowest BCUT2D eigenvalue weighted by molar-refractivity contribution is -0.161. The molecule has 0 aliphatic carbocycles. The molecule has 8 nitrogen and oxygen atoms in total. The number of allylic oxidation sites excluding steroid dienone is 2. The Hall–Kier alpha value is -1.21. The molecule has 0 aliphatic rings. The number of phosphoric ester groups is 1. The van der Waals surface area contributed by atoms with E-state index < -0.39 is 32.5 Å². The second kappa shape index (κ2) is 27.0. The van der Waals surface area contributed by atoms with Gasteiger partial charge in [0.15, 0.2) is 6.10 Å². The van der Waals surface area contributed by atoms with Crippen LogP contribution in [0.15, 0.2) is 12.2 Å². The number of carbonyl (C=O) groups is 2. The lowest BCUT2D eigenvalue weighted by Crippen LogP contribution is -2.29. The van der Waals surface area contributed by atoms with Crippen LogP contribution < -0.4 is 0 Å². The maximum atomic E-state index is 12.2. The van der Waals surface area contributed by atoms with Crippen molar-refractivity contribution in [2.24, 2.45) is 0 Å². The molecular weight excluding hydrogens is 519 g/mol. The molecule has 0 spiro atoms. The van der Waals surface area contributed by atoms with E-state index in [1.165, 1.54) is 64.2 Å². The highest BCUT2D eigenvalue weighted by molar-refractivity contribution is 7.46. The largest absolute Gasteiger partial charge is 0.469 e. The molecule has 0 aromatic carbocycles. The molecule has 0 fully saturated rings. The summed E-state index contributed by atoms with van der Waals surface area (Å²) >= 11 is 0. The van der Waals surface area contributed by atoms with Crippen LogP contribution in [0.4, 0.5) is 0 Å². The average molecular weight is 577 g/mol. The van der Waals surface area contributed by atoms with Crippen molar-refractivity contribution in [3.63, 3.8) is 0 Å². The van der Waals surface area contributed by atoms with Gasteiger partial charge in [-0.2, -0.15) is 0 Å². The predicted octanol–water partition coefficient (Wildman–Crippen LogP) is 8.34. The molecule has 0 aliphatic heterocycles. The third kappa shape index (κ3) is 29.6. The quantitative estimate of drug-likeness (QED) is 0.0413. The highest BCUT2D eigenvalue weighted by Gasteiger charge is 2.22. The van der Waals surface area contributed by atoms with Crippen LogP contribution in [0, 0.1) is 0 Å². The molecule has 39 heavy (non-hydrogen) atoms. The first-order chi connectivity index (χ1) is 18.8. The topological polar surface area (TPSA) is 119 Å². The highest BCUT2D eigenvalue weighted by atomic mass is 31.2. The van der Waals surface area contributed by atoms with Gasteiger partial charge in [-0.1, -0.05) is 109 Å². The van der Waals surface area contributed by atoms with Gasteiger partial charge in [0.05, 0.1) is 6.61 Å². The SMILES string of the molecule is CCCCCCCC/C=C/CCCCCC(=O)OC[C@H](COP(=O)(O)O)OC(=O)CCCCCCCCCC. The molecule has 0 saturated carbocycles. The summed E-state index contributed by atoms with van der Waals surface area (Å²) in [4.78, 5) is 42.2. The summed E-state index contributed by atoms with van der Waals surface area (Å²) in [6.45, 7) is 3.59. The Morgan fingerprint density at radius 3 is 1.59 bits per heavy atom. The molecule has 0 radical (unpaired) electrons. The minimum atomic E-state index is -4.73. The number of unbranched alkanes of at least 4 members (excludes halogenated alkanes) is 16. The van der Waals surface area contributed by atoms with Gasteiger partial charge in [-0.15, -0.1) is 0 Å². The molecule has 2 N–H and O–H groups in total. The summed E-state index contributed by atoms with van der Waals surface area (Å²) in [6, 6.07) is 0. The fourth-order valence-electron chi connectivity index (χ4n) is 4.19. The fraction of sp³-hybridized carbons (Fsp3) is 0.867. The van der Waals surface area contributed by atoms with E-state index in [0.29, 0.717) is 12.8 Å². The Morgan fingerprint density at radius 1 is 0.641 bits per heavy atom. The van der Waals surface area contributed by atoms with E-state index in [2.05, 4.69) is 30.5 Å². The molecule has 1 atom stereocenters. The van der Waals surface area contributed by atoms with E-state index in [9.17, 15) is 14.2 Å². The average Bonchev–Trinajstić information content (AvgIpc) is 2.89. The number of hydrogen-bond donors (Lipinski definition) is 2. The van der Waals surface area contributed by atoms with E-state index in [1.54, 1.807) is 0 Å². The van der Waals surface area contributed by atoms with Gasteiger partial charge in [-0.05, 0) is 38.5 Å². The van der Waals surface area contributed by atoms with Gasteiger partial charge in [0, 0.05) is 12.8 Å². The minimum Gasteiger partial charge on any atom is -0.462 e. The summed E-state index contributed by atoms with van der Waals surface area (Å²) < 4.78 is 26.0. The van der Waals surface area contributed by atoms with E-state index in [4.69, 9.17) is 19.3 Å². The van der Waals surface area contributed by atoms with E-state index in [-0.39, 0.29) is 19.4 Å². The molecule has 0 heterocycles. The van der Waals surface area contributed by atoms with Crippen LogP contribution in [-0.4, -0.2) is 41.0 Å². The van der Waals surface area contributed by atoms with Gasteiger partial charge in [0.2, 0.25) is 0 Å². The molecule has 0 amide bonds. The highest BCUT2D eigenvalue weighted by Crippen LogP contribution is 2.35. The smallest absolute Gasteiger partial charge is 0.462 e. The third-order valence-electron chi connectivity index (χ3n) is 6.53. The van der Waals surface area contributed by atoms with Gasteiger partial charge in [-0.25, -0.2) is 4.57 Å². The van der Waals surface area contributed by atoms with Gasteiger partial charge in [0.25, 0.3) is 0 Å². The van der Waals surface area contributed by atoms with E-state index >= 15 is 0 Å². The standard InChI is InChI=1S/C30H57O8P/c1-3-5-7-9-11-13-14-15-16-17-19-20-22-24-29(31)36-26-28(27-37-39(33,34)35)38-30(32)25-23-21-18-12-10-8-6-4-2/h15-16,28H,3-14,17-27H2,1-2H3,(H2,33,34,35)/b16-15+/t28-/m1/s1. The lowest BCUT2D eigenvalue weighted by atomic mass is 10.1. The van der Waals surface area contributed by atoms with Crippen LogP contribution in [0.3, 0.4) is 0 Å². The van der Waals surface area contributed by atoms with Gasteiger partial charge in [0.1, 0.15) is 6.61 Å². The minimum absolute atomic E-state index is 0.211. The number of rotatable bonds is 28. The van der Waals surface area contributed by atoms with Crippen molar-refractivity contribution in [1.82, 2.24) is 0 Å². The summed E-state index contributed by atoms with van der Waals surface area (Å²) in [5.74, 6) is -0.908. The first kappa shape index (κ1) is 37.8. The monoisotopic (exact) mass is 576 g/mol. The van der Waals surface area contributed by atoms with Crippen LogP contribution in [0.2, 0.25) is 0 Å². The third-order valence-corrected chi connectivity index (χ3v) is 7.02. The number of carbonyl (C=O) groups excluding carboxylic acids is 2. The fourth-order valence-corrected chi connectivity index (χ4v) is 4.55. The van der Waals surface area contributed by atoms with E-state index in [0.717, 1.165) is 44.9 Å². The normalized spacial score (nSPS) is 12.6. The van der Waals surface area contributed by atoms with Crippen LogP contribution in [0.25, 0.3) is 0 Å². The molecule has 0 rings (SSSR count). The first-order valence-electron chi connectivity index (χ1n) is 15.5. The molecule has 0 saturated heterocycles. The maximum absolute atomic E-state index is 12.2. The van der Waals surface area contributed by atoms with Crippen LogP contribution >= 0.6 is 7.82 Å². The molecule has 0 aromatic heterocycles. The number of phosphoric acid groups is 1. The Kier molecular flexibility index (Phi) is 26.1. The Balaban J connectivity index is 4.05. The lowest BCUT2D eigenvalue weighted by Gasteiger charge is -2.18. The van der Waals surface area contributed by atoms with Crippen molar-refractivity contribution in [2.45, 2.75) is 155 Å². The maximum Gasteiger partial charge on any atom is 0.469 e. The second-order valence-electron chi connectivity index (χ2n) is 10.4. The molecule has 0 bridgehead atoms. The zero-order valence-electron chi connectivity index (χ0n) is 24.8. The zero-order valence-corrected chi connectivity index (χ0v) is 25.7. The summed E-state index contributed by atoms with van der Waals surface area (Å²) in [5.41, 5.74) is 0. The summed E-state index contributed by atoms with van der Waals surface area (Å²) in [6.07, 6.45) is 25.2. The van der Waals surface area contributed by atoms with Crippen molar-refractivity contribution in [3.8, 4) is 0 Å². The van der Waals surface area contributed by atoms with Crippen LogP contribution in [0.1, 0.15) is 149 Å².